The van der Waals surface area contributed by atoms with E-state index in [0.29, 0.717) is 29.0 Å². The van der Waals surface area contributed by atoms with Crippen molar-refractivity contribution in [3.05, 3.63) is 58.2 Å². The van der Waals surface area contributed by atoms with E-state index >= 15 is 0 Å². The van der Waals surface area contributed by atoms with Crippen LogP contribution in [-0.4, -0.2) is 23.1 Å². The van der Waals surface area contributed by atoms with E-state index in [2.05, 4.69) is 25.8 Å². The van der Waals surface area contributed by atoms with Crippen LogP contribution >= 0.6 is 35.3 Å². The standard InChI is InChI=1S/C17H16F3N5OS.HI/c1-21-16(23-9-15-24-14(10-27-15)17(18,19)20)22-8-12-7-13(26-25-12)11-5-3-2-4-6-11;/h2-7,10H,8-9H2,1H3,(H2,21,22,23);1H. The summed E-state index contributed by atoms with van der Waals surface area (Å²) < 4.78 is 43.0. The van der Waals surface area contributed by atoms with E-state index in [9.17, 15) is 13.2 Å². The van der Waals surface area contributed by atoms with E-state index in [0.717, 1.165) is 22.3 Å². The number of halogens is 4. The molecule has 0 atom stereocenters. The highest BCUT2D eigenvalue weighted by atomic mass is 127. The highest BCUT2D eigenvalue weighted by molar-refractivity contribution is 14.0. The molecular weight excluding hydrogens is 506 g/mol. The minimum Gasteiger partial charge on any atom is -0.356 e. The van der Waals surface area contributed by atoms with Crippen LogP contribution < -0.4 is 10.6 Å². The first-order valence-electron chi connectivity index (χ1n) is 7.93. The fraction of sp³-hybridized carbons (Fsp3) is 0.235. The zero-order valence-corrected chi connectivity index (χ0v) is 17.8. The van der Waals surface area contributed by atoms with Gasteiger partial charge in [0.15, 0.2) is 17.4 Å². The molecule has 0 saturated carbocycles. The van der Waals surface area contributed by atoms with Crippen LogP contribution in [-0.2, 0) is 19.3 Å². The molecule has 0 fully saturated rings. The summed E-state index contributed by atoms with van der Waals surface area (Å²) in [5.74, 6) is 1.07. The molecule has 3 aromatic rings. The number of aliphatic imine (C=N–C) groups is 1. The number of hydrogen-bond donors (Lipinski definition) is 2. The van der Waals surface area contributed by atoms with Gasteiger partial charge in [0.1, 0.15) is 10.7 Å². The Morgan fingerprint density at radius 1 is 1.18 bits per heavy atom. The van der Waals surface area contributed by atoms with Crippen LogP contribution in [0.15, 0.2) is 51.3 Å². The lowest BCUT2D eigenvalue weighted by Gasteiger charge is -2.09. The molecule has 0 radical (unpaired) electrons. The molecule has 3 rings (SSSR count). The van der Waals surface area contributed by atoms with Crippen molar-refractivity contribution in [1.82, 2.24) is 20.8 Å². The first-order chi connectivity index (χ1) is 13.0. The topological polar surface area (TPSA) is 75.3 Å². The molecule has 0 saturated heterocycles. The first kappa shape index (κ1) is 22.1. The lowest BCUT2D eigenvalue weighted by molar-refractivity contribution is -0.140. The second kappa shape index (κ2) is 9.87. The third-order valence-corrected chi connectivity index (χ3v) is 4.38. The zero-order chi connectivity index (χ0) is 19.3. The Bertz CT molecular complexity index is 911. The van der Waals surface area contributed by atoms with E-state index in [-0.39, 0.29) is 30.5 Å². The summed E-state index contributed by atoms with van der Waals surface area (Å²) in [7, 11) is 1.57. The molecule has 0 spiro atoms. The van der Waals surface area contributed by atoms with E-state index in [1.807, 2.05) is 36.4 Å². The highest BCUT2D eigenvalue weighted by Crippen LogP contribution is 2.29. The third-order valence-electron chi connectivity index (χ3n) is 3.53. The minimum atomic E-state index is -4.43. The Balaban J connectivity index is 0.00000280. The van der Waals surface area contributed by atoms with Gasteiger partial charge in [-0.25, -0.2) is 4.98 Å². The maximum Gasteiger partial charge on any atom is 0.434 e. The molecule has 0 aliphatic rings. The van der Waals surface area contributed by atoms with Crippen LogP contribution in [0.2, 0.25) is 0 Å². The van der Waals surface area contributed by atoms with Gasteiger partial charge in [0.25, 0.3) is 0 Å². The molecule has 2 heterocycles. The minimum absolute atomic E-state index is 0. The summed E-state index contributed by atoms with van der Waals surface area (Å²) in [6.45, 7) is 0.482. The molecule has 0 bridgehead atoms. The molecule has 28 heavy (non-hydrogen) atoms. The van der Waals surface area contributed by atoms with Crippen molar-refractivity contribution in [1.29, 1.82) is 0 Å². The summed E-state index contributed by atoms with van der Waals surface area (Å²) in [5.41, 5.74) is 0.705. The monoisotopic (exact) mass is 523 g/mol. The number of benzene rings is 1. The molecule has 0 aliphatic carbocycles. The number of nitrogens with zero attached hydrogens (tertiary/aromatic N) is 3. The van der Waals surface area contributed by atoms with Gasteiger partial charge in [-0.15, -0.1) is 35.3 Å². The largest absolute Gasteiger partial charge is 0.434 e. The number of rotatable bonds is 5. The van der Waals surface area contributed by atoms with Crippen molar-refractivity contribution in [3.8, 4) is 11.3 Å². The van der Waals surface area contributed by atoms with Crippen molar-refractivity contribution in [3.63, 3.8) is 0 Å². The number of nitrogens with one attached hydrogen (secondary N) is 2. The smallest absolute Gasteiger partial charge is 0.356 e. The molecule has 150 valence electrons. The predicted octanol–water partition coefficient (Wildman–Crippen LogP) is 4.30. The van der Waals surface area contributed by atoms with Crippen molar-refractivity contribution in [2.75, 3.05) is 7.05 Å². The lowest BCUT2D eigenvalue weighted by atomic mass is 10.2. The van der Waals surface area contributed by atoms with Crippen molar-refractivity contribution < 1.29 is 17.7 Å². The average molecular weight is 523 g/mol. The second-order valence-electron chi connectivity index (χ2n) is 5.45. The van der Waals surface area contributed by atoms with Crippen LogP contribution in [0.25, 0.3) is 11.3 Å². The summed E-state index contributed by atoms with van der Waals surface area (Å²) in [6, 6.07) is 11.4. The molecular formula is C17H17F3IN5OS. The van der Waals surface area contributed by atoms with Gasteiger partial charge in [-0.2, -0.15) is 13.2 Å². The number of thiazole rings is 1. The van der Waals surface area contributed by atoms with E-state index in [1.165, 1.54) is 0 Å². The second-order valence-corrected chi connectivity index (χ2v) is 6.39. The van der Waals surface area contributed by atoms with E-state index in [4.69, 9.17) is 4.52 Å². The number of hydrogen-bond acceptors (Lipinski definition) is 5. The highest BCUT2D eigenvalue weighted by Gasteiger charge is 2.33. The molecule has 0 unspecified atom stereocenters. The van der Waals surface area contributed by atoms with Crippen molar-refractivity contribution in [2.45, 2.75) is 19.3 Å². The fourth-order valence-electron chi connectivity index (χ4n) is 2.21. The number of aromatic nitrogens is 2. The predicted molar refractivity (Wildman–Crippen MR) is 112 cm³/mol. The summed E-state index contributed by atoms with van der Waals surface area (Å²) in [6.07, 6.45) is -4.43. The van der Waals surface area contributed by atoms with E-state index in [1.54, 1.807) is 7.05 Å². The Hall–Kier alpha value is -2.15. The SMILES string of the molecule is CN=C(NCc1cc(-c2ccccc2)on1)NCc1nc(C(F)(F)F)cs1.I. The Morgan fingerprint density at radius 3 is 2.54 bits per heavy atom. The molecule has 2 aromatic heterocycles. The molecule has 6 nitrogen and oxygen atoms in total. The average Bonchev–Trinajstić information content (AvgIpc) is 3.32. The molecule has 11 heteroatoms. The number of alkyl halides is 3. The van der Waals surface area contributed by atoms with Gasteiger partial charge < -0.3 is 15.2 Å². The van der Waals surface area contributed by atoms with Crippen LogP contribution in [0.5, 0.6) is 0 Å². The summed E-state index contributed by atoms with van der Waals surface area (Å²) in [5, 5.41) is 11.3. The van der Waals surface area contributed by atoms with Crippen LogP contribution in [0.1, 0.15) is 16.4 Å². The van der Waals surface area contributed by atoms with Crippen LogP contribution in [0, 0.1) is 0 Å². The van der Waals surface area contributed by atoms with Gasteiger partial charge in [-0.05, 0) is 0 Å². The Morgan fingerprint density at radius 2 is 1.89 bits per heavy atom. The summed E-state index contributed by atoms with van der Waals surface area (Å²) in [4.78, 5) is 7.59. The Kier molecular flexibility index (Phi) is 7.80. The van der Waals surface area contributed by atoms with Gasteiger partial charge >= 0.3 is 6.18 Å². The van der Waals surface area contributed by atoms with Gasteiger partial charge in [-0.3, -0.25) is 4.99 Å². The van der Waals surface area contributed by atoms with Gasteiger partial charge in [0, 0.05) is 24.1 Å². The van der Waals surface area contributed by atoms with Gasteiger partial charge in [-0.1, -0.05) is 35.5 Å². The van der Waals surface area contributed by atoms with Crippen LogP contribution in [0.3, 0.4) is 0 Å². The quantitative estimate of drug-likeness (QED) is 0.297. The molecule has 0 aliphatic heterocycles. The zero-order valence-electron chi connectivity index (χ0n) is 14.7. The molecule has 2 N–H and O–H groups in total. The summed E-state index contributed by atoms with van der Waals surface area (Å²) >= 11 is 0.941. The van der Waals surface area contributed by atoms with Crippen molar-refractivity contribution >= 4 is 41.3 Å². The Labute approximate surface area is 180 Å². The molecule has 1 aromatic carbocycles. The van der Waals surface area contributed by atoms with Crippen LogP contribution in [0.4, 0.5) is 13.2 Å². The third kappa shape index (κ3) is 5.92. The van der Waals surface area contributed by atoms with Gasteiger partial charge in [0.2, 0.25) is 0 Å². The maximum atomic E-state index is 12.6. The maximum absolute atomic E-state index is 12.6. The van der Waals surface area contributed by atoms with Gasteiger partial charge in [0.05, 0.1) is 13.1 Å². The van der Waals surface area contributed by atoms with E-state index < -0.39 is 11.9 Å². The molecule has 0 amide bonds. The number of guanidine groups is 1. The normalized spacial score (nSPS) is 11.8. The lowest BCUT2D eigenvalue weighted by Crippen LogP contribution is -2.36. The van der Waals surface area contributed by atoms with Crippen molar-refractivity contribution in [2.24, 2.45) is 4.99 Å². The fourth-order valence-corrected chi connectivity index (χ4v) is 2.95. The first-order valence-corrected chi connectivity index (χ1v) is 8.81.